The van der Waals surface area contributed by atoms with E-state index in [1.807, 2.05) is 18.2 Å². The second kappa shape index (κ2) is 8.07. The van der Waals surface area contributed by atoms with E-state index in [-0.39, 0.29) is 18.4 Å². The van der Waals surface area contributed by atoms with Crippen LogP contribution >= 0.6 is 11.8 Å². The van der Waals surface area contributed by atoms with Gasteiger partial charge in [0.25, 0.3) is 5.91 Å². The van der Waals surface area contributed by atoms with Crippen LogP contribution in [0, 0.1) is 11.3 Å². The summed E-state index contributed by atoms with van der Waals surface area (Å²) in [6.45, 7) is 1.93. The van der Waals surface area contributed by atoms with Gasteiger partial charge in [-0.2, -0.15) is 5.26 Å². The lowest BCUT2D eigenvalue weighted by Crippen LogP contribution is -2.42. The minimum absolute atomic E-state index is 0.118. The molecule has 7 nitrogen and oxygen atoms in total. The molecule has 2 amide bonds. The maximum Gasteiger partial charge on any atom is 0.252 e. The third-order valence-corrected chi connectivity index (χ3v) is 6.21. The van der Waals surface area contributed by atoms with Gasteiger partial charge in [0.2, 0.25) is 5.91 Å². The minimum Gasteiger partial charge on any atom is -0.372 e. The summed E-state index contributed by atoms with van der Waals surface area (Å²) < 4.78 is 0. The van der Waals surface area contributed by atoms with Crippen LogP contribution in [0.1, 0.15) is 23.2 Å². The van der Waals surface area contributed by atoms with Gasteiger partial charge in [0.15, 0.2) is 0 Å². The second-order valence-electron chi connectivity index (χ2n) is 6.95. The van der Waals surface area contributed by atoms with Crippen LogP contribution < -0.4 is 10.2 Å². The van der Waals surface area contributed by atoms with Crippen LogP contribution in [-0.2, 0) is 4.79 Å². The molecule has 2 aliphatic rings. The van der Waals surface area contributed by atoms with Crippen LogP contribution in [0.15, 0.2) is 30.5 Å². The molecule has 2 aromatic rings. The summed E-state index contributed by atoms with van der Waals surface area (Å²) in [5, 5.41) is 12.6. The zero-order valence-electron chi connectivity index (χ0n) is 15.4. The summed E-state index contributed by atoms with van der Waals surface area (Å²) in [6.07, 6.45) is 3.97. The molecule has 2 fully saturated rings. The number of rotatable bonds is 4. The number of hydrogen-bond acceptors (Lipinski definition) is 6. The fourth-order valence-corrected chi connectivity index (χ4v) is 4.76. The van der Waals surface area contributed by atoms with Gasteiger partial charge in [0, 0.05) is 36.1 Å². The Balaban J connectivity index is 1.51. The standard InChI is InChI=1S/C20H21N5O2S/c21-10-15-12-28-13-25(15)19(26)11-23-20(27)16-5-6-22-18-4-3-14(9-17(16)18)24-7-1-2-8-24/h3-6,9,15H,1-2,7-8,11-13H2,(H,23,27)/t15-/m1/s1. The lowest BCUT2D eigenvalue weighted by molar-refractivity contribution is -0.129. The van der Waals surface area contributed by atoms with Gasteiger partial charge in [-0.1, -0.05) is 0 Å². The number of anilines is 1. The lowest BCUT2D eigenvalue weighted by Gasteiger charge is -2.19. The van der Waals surface area contributed by atoms with E-state index in [1.165, 1.54) is 17.7 Å². The molecule has 0 saturated carbocycles. The minimum atomic E-state index is -0.417. The van der Waals surface area contributed by atoms with Crippen LogP contribution in [0.3, 0.4) is 0 Å². The van der Waals surface area contributed by atoms with E-state index in [0.717, 1.165) is 29.7 Å². The van der Waals surface area contributed by atoms with Gasteiger partial charge in [-0.05, 0) is 37.1 Å². The Morgan fingerprint density at radius 3 is 2.89 bits per heavy atom. The van der Waals surface area contributed by atoms with Crippen molar-refractivity contribution in [3.05, 3.63) is 36.0 Å². The van der Waals surface area contributed by atoms with Gasteiger partial charge in [0.1, 0.15) is 6.04 Å². The zero-order chi connectivity index (χ0) is 19.5. The smallest absolute Gasteiger partial charge is 0.252 e. The first kappa shape index (κ1) is 18.6. The average Bonchev–Trinajstić information content (AvgIpc) is 3.42. The van der Waals surface area contributed by atoms with Crippen molar-refractivity contribution >= 4 is 40.2 Å². The molecule has 1 atom stereocenters. The molecule has 4 rings (SSSR count). The molecular weight excluding hydrogens is 374 g/mol. The van der Waals surface area contributed by atoms with Crippen LogP contribution in [0.4, 0.5) is 5.69 Å². The highest BCUT2D eigenvalue weighted by Crippen LogP contribution is 2.26. The van der Waals surface area contributed by atoms with Gasteiger partial charge in [-0.25, -0.2) is 0 Å². The van der Waals surface area contributed by atoms with Crippen molar-refractivity contribution in [2.45, 2.75) is 18.9 Å². The Bertz CT molecular complexity index is 951. The largest absolute Gasteiger partial charge is 0.372 e. The van der Waals surface area contributed by atoms with Crippen molar-refractivity contribution in [2.24, 2.45) is 0 Å². The molecule has 2 saturated heterocycles. The predicted octanol–water partition coefficient (Wildman–Crippen LogP) is 1.99. The summed E-state index contributed by atoms with van der Waals surface area (Å²) in [6, 6.07) is 9.37. The molecule has 0 spiro atoms. The first-order valence-electron chi connectivity index (χ1n) is 9.36. The van der Waals surface area contributed by atoms with E-state index in [0.29, 0.717) is 17.2 Å². The first-order valence-corrected chi connectivity index (χ1v) is 10.5. The van der Waals surface area contributed by atoms with Crippen molar-refractivity contribution in [1.29, 1.82) is 5.26 Å². The van der Waals surface area contributed by atoms with Crippen LogP contribution in [0.5, 0.6) is 0 Å². The van der Waals surface area contributed by atoms with Crippen LogP contribution in [-0.4, -0.2) is 59.0 Å². The van der Waals surface area contributed by atoms with E-state index in [2.05, 4.69) is 21.3 Å². The SMILES string of the molecule is N#C[C@@H]1CSCN1C(=O)CNC(=O)c1ccnc2ccc(N3CCCC3)cc12. The Hall–Kier alpha value is -2.79. The molecule has 1 aromatic heterocycles. The molecule has 8 heteroatoms. The zero-order valence-corrected chi connectivity index (χ0v) is 16.2. The average molecular weight is 395 g/mol. The summed E-state index contributed by atoms with van der Waals surface area (Å²) in [4.78, 5) is 33.3. The number of nitrogens with zero attached hydrogens (tertiary/aromatic N) is 4. The summed E-state index contributed by atoms with van der Waals surface area (Å²) >= 11 is 1.55. The number of pyridine rings is 1. The maximum atomic E-state index is 12.8. The third kappa shape index (κ3) is 3.62. The predicted molar refractivity (Wildman–Crippen MR) is 109 cm³/mol. The molecule has 0 unspecified atom stereocenters. The van der Waals surface area contributed by atoms with Crippen molar-refractivity contribution < 1.29 is 9.59 Å². The molecule has 1 N–H and O–H groups in total. The van der Waals surface area contributed by atoms with Gasteiger partial charge >= 0.3 is 0 Å². The van der Waals surface area contributed by atoms with Gasteiger partial charge in [0.05, 0.1) is 29.6 Å². The highest BCUT2D eigenvalue weighted by molar-refractivity contribution is 7.99. The maximum absolute atomic E-state index is 12.8. The number of carbonyl (C=O) groups is 2. The second-order valence-corrected chi connectivity index (χ2v) is 7.94. The van der Waals surface area contributed by atoms with Gasteiger partial charge in [-0.15, -0.1) is 11.8 Å². The van der Waals surface area contributed by atoms with Crippen molar-refractivity contribution in [3.8, 4) is 6.07 Å². The molecule has 2 aliphatic heterocycles. The van der Waals surface area contributed by atoms with E-state index in [9.17, 15) is 9.59 Å². The summed E-state index contributed by atoms with van der Waals surface area (Å²) in [5.74, 6) is 0.565. The summed E-state index contributed by atoms with van der Waals surface area (Å²) in [7, 11) is 0. The molecule has 0 bridgehead atoms. The normalized spacial score (nSPS) is 19.0. The molecule has 144 valence electrons. The Morgan fingerprint density at radius 2 is 2.11 bits per heavy atom. The Kier molecular flexibility index (Phi) is 5.35. The number of amides is 2. The quantitative estimate of drug-likeness (QED) is 0.852. The molecule has 28 heavy (non-hydrogen) atoms. The van der Waals surface area contributed by atoms with E-state index < -0.39 is 6.04 Å². The van der Waals surface area contributed by atoms with Crippen LogP contribution in [0.2, 0.25) is 0 Å². The highest BCUT2D eigenvalue weighted by Gasteiger charge is 2.29. The number of carbonyl (C=O) groups excluding carboxylic acids is 2. The highest BCUT2D eigenvalue weighted by atomic mass is 32.2. The van der Waals surface area contributed by atoms with E-state index in [1.54, 1.807) is 24.0 Å². The number of fused-ring (bicyclic) bond motifs is 1. The number of thioether (sulfide) groups is 1. The number of hydrogen-bond donors (Lipinski definition) is 1. The van der Waals surface area contributed by atoms with Crippen molar-refractivity contribution in [2.75, 3.05) is 36.2 Å². The molecule has 1 aromatic carbocycles. The Morgan fingerprint density at radius 1 is 1.29 bits per heavy atom. The van der Waals surface area contributed by atoms with E-state index in [4.69, 9.17) is 5.26 Å². The molecular formula is C20H21N5O2S. The third-order valence-electron chi connectivity index (χ3n) is 5.19. The number of nitrogens with one attached hydrogen (secondary N) is 1. The first-order chi connectivity index (χ1) is 13.7. The number of benzene rings is 1. The Labute approximate surface area is 167 Å². The van der Waals surface area contributed by atoms with Crippen LogP contribution in [0.25, 0.3) is 10.9 Å². The van der Waals surface area contributed by atoms with Gasteiger partial charge < -0.3 is 15.1 Å². The monoisotopic (exact) mass is 395 g/mol. The molecule has 0 radical (unpaired) electrons. The van der Waals surface area contributed by atoms with Crippen molar-refractivity contribution in [1.82, 2.24) is 15.2 Å². The van der Waals surface area contributed by atoms with Crippen molar-refractivity contribution in [3.63, 3.8) is 0 Å². The molecule has 0 aliphatic carbocycles. The fourth-order valence-electron chi connectivity index (χ4n) is 3.65. The number of aromatic nitrogens is 1. The summed E-state index contributed by atoms with van der Waals surface area (Å²) in [5.41, 5.74) is 2.35. The van der Waals surface area contributed by atoms with E-state index >= 15 is 0 Å². The number of nitriles is 1. The fraction of sp³-hybridized carbons (Fsp3) is 0.400. The van der Waals surface area contributed by atoms with Gasteiger partial charge in [-0.3, -0.25) is 14.6 Å². The topological polar surface area (TPSA) is 89.3 Å². The lowest BCUT2D eigenvalue weighted by atomic mass is 10.1. The molecule has 3 heterocycles.